The minimum atomic E-state index is -1.33. The zero-order valence-electron chi connectivity index (χ0n) is 19.5. The Morgan fingerprint density at radius 1 is 1.19 bits per heavy atom. The van der Waals surface area contributed by atoms with Gasteiger partial charge in [-0.25, -0.2) is 8.78 Å². The maximum absolute atomic E-state index is 13.9. The minimum absolute atomic E-state index is 0.0699. The molecule has 8 nitrogen and oxygen atoms in total. The smallest absolute Gasteiger partial charge is 0.273 e. The van der Waals surface area contributed by atoms with Crippen LogP contribution in [0.1, 0.15) is 11.1 Å². The van der Waals surface area contributed by atoms with Crippen LogP contribution in [0, 0.1) is 11.6 Å². The minimum Gasteiger partial charge on any atom is -0.593 e. The maximum atomic E-state index is 13.9. The van der Waals surface area contributed by atoms with Crippen LogP contribution in [0.5, 0.6) is 5.75 Å². The first-order valence-corrected chi connectivity index (χ1v) is 12.7. The van der Waals surface area contributed by atoms with Crippen LogP contribution in [-0.2, 0) is 29.3 Å². The Bertz CT molecular complexity index is 1350. The summed E-state index contributed by atoms with van der Waals surface area (Å²) in [6, 6.07) is 9.93. The number of hydrogen-bond acceptors (Lipinski definition) is 6. The molecule has 0 radical (unpaired) electrons. The number of fused-ring (bicyclic) bond motifs is 1. The number of hydrogen-bond donors (Lipinski definition) is 1. The van der Waals surface area contributed by atoms with E-state index >= 15 is 0 Å². The van der Waals surface area contributed by atoms with Gasteiger partial charge < -0.3 is 19.2 Å². The van der Waals surface area contributed by atoms with E-state index in [0.717, 1.165) is 17.7 Å². The highest BCUT2D eigenvalue weighted by atomic mass is 35.5. The molecule has 1 aromatic heterocycles. The Morgan fingerprint density at radius 2 is 1.97 bits per heavy atom. The molecule has 1 unspecified atom stereocenters. The fraction of sp³-hybridized carbons (Fsp3) is 0.250. The topological polar surface area (TPSA) is 89.9 Å². The number of aromatic nitrogens is 1. The van der Waals surface area contributed by atoms with Crippen molar-refractivity contribution in [3.8, 4) is 5.75 Å². The van der Waals surface area contributed by atoms with Gasteiger partial charge in [0.2, 0.25) is 5.91 Å². The van der Waals surface area contributed by atoms with Crippen molar-refractivity contribution in [2.24, 2.45) is 0 Å². The van der Waals surface area contributed by atoms with E-state index in [-0.39, 0.29) is 48.6 Å². The van der Waals surface area contributed by atoms with Crippen molar-refractivity contribution in [2.75, 3.05) is 35.7 Å². The summed E-state index contributed by atoms with van der Waals surface area (Å²) in [4.78, 5) is 27.0. The summed E-state index contributed by atoms with van der Waals surface area (Å²) in [5.41, 5.74) is 1.58. The lowest BCUT2D eigenvalue weighted by molar-refractivity contribution is -0.117. The van der Waals surface area contributed by atoms with E-state index in [1.54, 1.807) is 35.8 Å². The van der Waals surface area contributed by atoms with Gasteiger partial charge in [0.05, 0.1) is 30.1 Å². The quantitative estimate of drug-likeness (QED) is 0.445. The molecule has 1 aliphatic heterocycles. The molecule has 190 valence electrons. The summed E-state index contributed by atoms with van der Waals surface area (Å²) in [6.45, 7) is 0.203. The van der Waals surface area contributed by atoms with E-state index < -0.39 is 28.6 Å². The number of likely N-dealkylation sites (N-methyl/N-ethyl adjacent to an activating group) is 1. The lowest BCUT2D eigenvalue weighted by Gasteiger charge is -2.19. The maximum Gasteiger partial charge on any atom is 0.273 e. The van der Waals surface area contributed by atoms with Gasteiger partial charge in [0.25, 0.3) is 5.56 Å². The van der Waals surface area contributed by atoms with Crippen LogP contribution in [0.15, 0.2) is 53.5 Å². The molecule has 12 heteroatoms. The van der Waals surface area contributed by atoms with Crippen LogP contribution in [0.25, 0.3) is 0 Å². The number of anilines is 2. The van der Waals surface area contributed by atoms with Crippen LogP contribution in [0.2, 0.25) is 5.02 Å². The third-order valence-electron chi connectivity index (χ3n) is 5.63. The number of pyridine rings is 1. The lowest BCUT2D eigenvalue weighted by atomic mass is 10.1. The van der Waals surface area contributed by atoms with Gasteiger partial charge in [-0.2, -0.15) is 4.31 Å². The van der Waals surface area contributed by atoms with E-state index in [1.165, 1.54) is 27.8 Å². The number of benzene rings is 2. The molecule has 1 aliphatic rings. The Balaban J connectivity index is 1.55. The summed E-state index contributed by atoms with van der Waals surface area (Å²) in [6.07, 6.45) is 3.04. The second-order valence-corrected chi connectivity index (χ2v) is 9.74. The number of carbonyl (C=O) groups excluding carboxylic acids is 1. The van der Waals surface area contributed by atoms with Gasteiger partial charge in [0.1, 0.15) is 47.6 Å². The molecule has 0 bridgehead atoms. The van der Waals surface area contributed by atoms with Gasteiger partial charge in [-0.1, -0.05) is 17.7 Å². The summed E-state index contributed by atoms with van der Waals surface area (Å²) in [7, 11) is 1.67. The largest absolute Gasteiger partial charge is 0.593 e. The SMILES string of the molecule is CNCC(=O)N1CN([S+](C)[O-])c2ccc(Cn3ccc(OCc4ccc(F)cc4F)c(Cl)c3=O)cc21. The first kappa shape index (κ1) is 26.0. The molecule has 0 saturated carbocycles. The lowest BCUT2D eigenvalue weighted by Crippen LogP contribution is -2.41. The van der Waals surface area contributed by atoms with Gasteiger partial charge in [0.15, 0.2) is 0 Å². The predicted molar refractivity (Wildman–Crippen MR) is 135 cm³/mol. The normalized spacial score (nSPS) is 13.6. The highest BCUT2D eigenvalue weighted by Crippen LogP contribution is 2.38. The molecule has 3 aromatic rings. The van der Waals surface area contributed by atoms with Gasteiger partial charge in [-0.3, -0.25) is 14.5 Å². The third-order valence-corrected chi connectivity index (χ3v) is 6.91. The highest BCUT2D eigenvalue weighted by molar-refractivity contribution is 7.92. The number of carbonyl (C=O) groups is 1. The van der Waals surface area contributed by atoms with Crippen molar-refractivity contribution in [1.82, 2.24) is 9.88 Å². The summed E-state index contributed by atoms with van der Waals surface area (Å²) in [5.74, 6) is -1.57. The zero-order valence-corrected chi connectivity index (χ0v) is 21.0. The van der Waals surface area contributed by atoms with Crippen LogP contribution in [0.4, 0.5) is 20.2 Å². The van der Waals surface area contributed by atoms with E-state index in [9.17, 15) is 22.9 Å². The average Bonchev–Trinajstić information content (AvgIpc) is 3.22. The van der Waals surface area contributed by atoms with Crippen molar-refractivity contribution < 1.29 is 22.9 Å². The van der Waals surface area contributed by atoms with Crippen molar-refractivity contribution in [1.29, 1.82) is 0 Å². The second kappa shape index (κ2) is 10.9. The fourth-order valence-corrected chi connectivity index (χ4v) is 4.75. The fourth-order valence-electron chi connectivity index (χ4n) is 3.81. The molecule has 36 heavy (non-hydrogen) atoms. The Morgan fingerprint density at radius 3 is 2.67 bits per heavy atom. The average molecular weight is 537 g/mol. The number of ether oxygens (including phenoxy) is 1. The number of rotatable bonds is 8. The van der Waals surface area contributed by atoms with Crippen LogP contribution in [0.3, 0.4) is 0 Å². The molecule has 2 heterocycles. The Kier molecular flexibility index (Phi) is 7.84. The van der Waals surface area contributed by atoms with Crippen molar-refractivity contribution in [3.63, 3.8) is 0 Å². The van der Waals surface area contributed by atoms with E-state index in [2.05, 4.69) is 5.32 Å². The molecule has 0 spiro atoms. The molecule has 4 rings (SSSR count). The Labute approximate surface area is 214 Å². The monoisotopic (exact) mass is 536 g/mol. The third kappa shape index (κ3) is 5.34. The molecular weight excluding hydrogens is 514 g/mol. The molecule has 1 atom stereocenters. The van der Waals surface area contributed by atoms with Crippen molar-refractivity contribution >= 4 is 40.2 Å². The van der Waals surface area contributed by atoms with E-state index in [1.807, 2.05) is 0 Å². The van der Waals surface area contributed by atoms with Gasteiger partial charge in [0, 0.05) is 17.8 Å². The first-order chi connectivity index (χ1) is 17.2. The molecule has 0 fully saturated rings. The van der Waals surface area contributed by atoms with Gasteiger partial charge >= 0.3 is 0 Å². The van der Waals surface area contributed by atoms with E-state index in [4.69, 9.17) is 16.3 Å². The van der Waals surface area contributed by atoms with Gasteiger partial charge in [-0.05, 0) is 42.9 Å². The molecular formula is C24H23ClF2N4O4S. The number of nitrogens with zero attached hydrogens (tertiary/aromatic N) is 3. The summed E-state index contributed by atoms with van der Waals surface area (Å²) in [5, 5.41) is 2.64. The number of nitrogens with one attached hydrogen (secondary N) is 1. The highest BCUT2D eigenvalue weighted by Gasteiger charge is 2.35. The Hall–Kier alpha value is -3.12. The summed E-state index contributed by atoms with van der Waals surface area (Å²) < 4.78 is 47.6. The van der Waals surface area contributed by atoms with Crippen LogP contribution in [-0.4, -0.2) is 41.5 Å². The first-order valence-electron chi connectivity index (χ1n) is 10.8. The predicted octanol–water partition coefficient (Wildman–Crippen LogP) is 3.03. The van der Waals surface area contributed by atoms with Gasteiger partial charge in [-0.15, -0.1) is 0 Å². The standard InChI is InChI=1S/C24H23ClF2N4O4S/c1-28-11-22(32)30-14-31(36(2)34)19-6-3-15(9-20(19)30)12-29-8-7-21(23(25)24(29)33)35-13-16-4-5-17(26)10-18(16)27/h3-10,28H,11-14H2,1-2H3. The van der Waals surface area contributed by atoms with E-state index in [0.29, 0.717) is 11.4 Å². The van der Waals surface area contributed by atoms with Crippen LogP contribution >= 0.6 is 11.6 Å². The molecule has 1 N–H and O–H groups in total. The molecule has 2 aromatic carbocycles. The van der Waals surface area contributed by atoms with Crippen molar-refractivity contribution in [3.05, 3.63) is 86.8 Å². The zero-order chi connectivity index (χ0) is 26.0. The second-order valence-electron chi connectivity index (χ2n) is 8.07. The number of halogens is 3. The van der Waals surface area contributed by atoms with Crippen molar-refractivity contribution in [2.45, 2.75) is 13.2 Å². The summed E-state index contributed by atoms with van der Waals surface area (Å²) >= 11 is 4.90. The molecule has 1 amide bonds. The molecule has 0 saturated heterocycles. The number of amides is 1. The molecule has 0 aliphatic carbocycles. The van der Waals surface area contributed by atoms with Crippen LogP contribution < -0.4 is 24.8 Å².